The highest BCUT2D eigenvalue weighted by atomic mass is 35.5. The number of halogens is 1. The summed E-state index contributed by atoms with van der Waals surface area (Å²) >= 11 is 0. The first-order valence-corrected chi connectivity index (χ1v) is 18.3. The van der Waals surface area contributed by atoms with E-state index in [-0.39, 0.29) is 12.4 Å². The van der Waals surface area contributed by atoms with Crippen LogP contribution in [0.3, 0.4) is 0 Å². The van der Waals surface area contributed by atoms with Gasteiger partial charge in [-0.15, -0.1) is 0 Å². The summed E-state index contributed by atoms with van der Waals surface area (Å²) < 4.78 is 5.48. The minimum Gasteiger partial charge on any atom is -1.00 e. The monoisotopic (exact) mass is 572 g/mol. The van der Waals surface area contributed by atoms with Crippen molar-refractivity contribution in [1.82, 2.24) is 0 Å². The Morgan fingerprint density at radius 1 is 0.462 bits per heavy atom. The second kappa shape index (κ2) is 32.7. The van der Waals surface area contributed by atoms with Crippen molar-refractivity contribution < 1.29 is 22.5 Å². The molecule has 1 atom stereocenters. The Morgan fingerprint density at radius 2 is 0.718 bits per heavy atom. The number of quaternary nitrogens is 1. The second-order valence-corrected chi connectivity index (χ2v) is 13.0. The van der Waals surface area contributed by atoms with E-state index in [0.29, 0.717) is 6.10 Å². The van der Waals surface area contributed by atoms with Crippen LogP contribution in [0.2, 0.25) is 0 Å². The summed E-state index contributed by atoms with van der Waals surface area (Å²) in [6.45, 7) is 6.84. The molecule has 0 aromatic carbocycles. The van der Waals surface area contributed by atoms with Crippen LogP contribution >= 0.6 is 0 Å². The van der Waals surface area contributed by atoms with Crippen molar-refractivity contribution in [3.63, 3.8) is 0 Å². The third kappa shape index (κ3) is 31.0. The third-order valence-corrected chi connectivity index (χ3v) is 8.99. The lowest BCUT2D eigenvalue weighted by Crippen LogP contribution is -3.00. The van der Waals surface area contributed by atoms with Crippen LogP contribution in [-0.4, -0.2) is 25.3 Å². The normalized spacial score (nSPS) is 14.7. The molecule has 0 amide bonds. The molecule has 0 saturated carbocycles. The third-order valence-electron chi connectivity index (χ3n) is 8.99. The summed E-state index contributed by atoms with van der Waals surface area (Å²) in [5, 5.41) is 2.64. The molecule has 1 saturated heterocycles. The maximum absolute atomic E-state index is 5.48. The molecular formula is C36H74ClNO. The number of epoxide rings is 1. The zero-order chi connectivity index (χ0) is 27.2. The van der Waals surface area contributed by atoms with Crippen LogP contribution in [0.1, 0.15) is 206 Å². The molecule has 1 rings (SSSR count). The first-order chi connectivity index (χ1) is 18.9. The van der Waals surface area contributed by atoms with Crippen molar-refractivity contribution >= 4 is 0 Å². The number of unbranched alkanes of at least 4 members (excludes halogenated alkanes) is 26. The molecule has 2 N–H and O–H groups in total. The van der Waals surface area contributed by atoms with Crippen LogP contribution in [0, 0.1) is 0 Å². The van der Waals surface area contributed by atoms with Crippen molar-refractivity contribution in [2.75, 3.05) is 13.2 Å². The molecule has 0 aliphatic carbocycles. The highest BCUT2D eigenvalue weighted by Crippen LogP contribution is 2.16. The van der Waals surface area contributed by atoms with E-state index < -0.39 is 0 Å². The van der Waals surface area contributed by atoms with Gasteiger partial charge in [-0.3, -0.25) is 0 Å². The molecule has 0 spiro atoms. The number of nitrogens with two attached hydrogens (primary N) is 1. The van der Waals surface area contributed by atoms with E-state index >= 15 is 0 Å². The van der Waals surface area contributed by atoms with E-state index in [1.54, 1.807) is 0 Å². The van der Waals surface area contributed by atoms with Gasteiger partial charge in [0.15, 0.2) is 0 Å². The number of hydrogen-bond acceptors (Lipinski definition) is 1. The van der Waals surface area contributed by atoms with Gasteiger partial charge in [-0.25, -0.2) is 0 Å². The zero-order valence-electron chi connectivity index (χ0n) is 27.1. The van der Waals surface area contributed by atoms with E-state index in [1.807, 2.05) is 0 Å². The van der Waals surface area contributed by atoms with Crippen molar-refractivity contribution in [2.24, 2.45) is 0 Å². The van der Waals surface area contributed by atoms with E-state index in [0.717, 1.165) is 12.6 Å². The Balaban J connectivity index is 0.0000144. The van der Waals surface area contributed by atoms with E-state index in [9.17, 15) is 0 Å². The van der Waals surface area contributed by atoms with E-state index in [2.05, 4.69) is 19.2 Å². The lowest BCUT2D eigenvalue weighted by molar-refractivity contribution is -0.691. The quantitative estimate of drug-likeness (QED) is 0.0626. The van der Waals surface area contributed by atoms with Gasteiger partial charge in [-0.1, -0.05) is 181 Å². The molecular weight excluding hydrogens is 498 g/mol. The van der Waals surface area contributed by atoms with Gasteiger partial charge < -0.3 is 22.5 Å². The number of hydrogen-bond donors (Lipinski definition) is 1. The first-order valence-electron chi connectivity index (χ1n) is 18.3. The van der Waals surface area contributed by atoms with Crippen molar-refractivity contribution in [3.8, 4) is 0 Å². The highest BCUT2D eigenvalue weighted by Gasteiger charge is 2.26. The Hall–Kier alpha value is 0.210. The number of rotatable bonds is 33. The summed E-state index contributed by atoms with van der Waals surface area (Å²) in [5.74, 6) is 0. The lowest BCUT2D eigenvalue weighted by atomic mass is 9.99. The molecule has 1 fully saturated rings. The van der Waals surface area contributed by atoms with E-state index in [1.165, 1.54) is 199 Å². The molecule has 0 aromatic rings. The van der Waals surface area contributed by atoms with Gasteiger partial charge in [0.2, 0.25) is 0 Å². The standard InChI is InChI=1S/C36H73NO.ClH/c1-3-5-7-9-11-13-15-17-19-21-23-25-27-29-31-35(37-33-36-34-38-36)32-30-28-26-24-22-20-18-16-14-12-10-8-6-4-2;/h35-37H,3-34H2,1-2H3;1H. The average Bonchev–Trinajstić information content (AvgIpc) is 3.76. The summed E-state index contributed by atoms with van der Waals surface area (Å²) in [4.78, 5) is 0. The Morgan fingerprint density at radius 3 is 0.974 bits per heavy atom. The van der Waals surface area contributed by atoms with Crippen LogP contribution in [-0.2, 0) is 4.74 Å². The number of ether oxygens (including phenoxy) is 1. The summed E-state index contributed by atoms with van der Waals surface area (Å²) in [6, 6.07) is 0.855. The Kier molecular flexibility index (Phi) is 32.9. The summed E-state index contributed by atoms with van der Waals surface area (Å²) in [7, 11) is 0. The molecule has 2 nitrogen and oxygen atoms in total. The summed E-state index contributed by atoms with van der Waals surface area (Å²) in [6.07, 6.45) is 44.3. The predicted molar refractivity (Wildman–Crippen MR) is 170 cm³/mol. The molecule has 236 valence electrons. The maximum Gasteiger partial charge on any atom is 0.130 e. The van der Waals surface area contributed by atoms with Crippen molar-refractivity contribution in [3.05, 3.63) is 0 Å². The zero-order valence-corrected chi connectivity index (χ0v) is 27.9. The van der Waals surface area contributed by atoms with Gasteiger partial charge in [0, 0.05) is 0 Å². The fourth-order valence-corrected chi connectivity index (χ4v) is 6.13. The van der Waals surface area contributed by atoms with Crippen molar-refractivity contribution in [1.29, 1.82) is 0 Å². The van der Waals surface area contributed by atoms with Crippen LogP contribution in [0.5, 0.6) is 0 Å². The SMILES string of the molecule is CCCCCCCCCCCCCCCCC(CCCCCCCCCCCCCCCC)[NH2+]CC1CO1.[Cl-]. The van der Waals surface area contributed by atoms with Crippen LogP contribution in [0.4, 0.5) is 0 Å². The van der Waals surface area contributed by atoms with Crippen LogP contribution in [0.25, 0.3) is 0 Å². The summed E-state index contributed by atoms with van der Waals surface area (Å²) in [5.41, 5.74) is 0. The molecule has 0 bridgehead atoms. The largest absolute Gasteiger partial charge is 1.00 e. The van der Waals surface area contributed by atoms with Gasteiger partial charge in [0.05, 0.1) is 12.6 Å². The first kappa shape index (κ1) is 39.2. The second-order valence-electron chi connectivity index (χ2n) is 13.0. The highest BCUT2D eigenvalue weighted by molar-refractivity contribution is 4.67. The minimum absolute atomic E-state index is 0. The molecule has 39 heavy (non-hydrogen) atoms. The van der Waals surface area contributed by atoms with E-state index in [4.69, 9.17) is 4.74 Å². The Labute approximate surface area is 253 Å². The molecule has 1 aliphatic rings. The average molecular weight is 572 g/mol. The molecule has 0 radical (unpaired) electrons. The van der Waals surface area contributed by atoms with Crippen LogP contribution < -0.4 is 17.7 Å². The topological polar surface area (TPSA) is 29.1 Å². The smallest absolute Gasteiger partial charge is 0.130 e. The van der Waals surface area contributed by atoms with Gasteiger partial charge in [-0.2, -0.15) is 0 Å². The van der Waals surface area contributed by atoms with Gasteiger partial charge in [-0.05, 0) is 25.7 Å². The van der Waals surface area contributed by atoms with Crippen LogP contribution in [0.15, 0.2) is 0 Å². The fraction of sp³-hybridized carbons (Fsp3) is 1.00. The molecule has 0 aromatic heterocycles. The fourth-order valence-electron chi connectivity index (χ4n) is 6.13. The van der Waals surface area contributed by atoms with Gasteiger partial charge >= 0.3 is 0 Å². The molecule has 1 unspecified atom stereocenters. The van der Waals surface area contributed by atoms with Gasteiger partial charge in [0.25, 0.3) is 0 Å². The Bertz CT molecular complexity index is 410. The lowest BCUT2D eigenvalue weighted by Gasteiger charge is -2.15. The maximum atomic E-state index is 5.48. The molecule has 1 aliphatic heterocycles. The molecule has 1 heterocycles. The van der Waals surface area contributed by atoms with Gasteiger partial charge in [0.1, 0.15) is 12.6 Å². The minimum atomic E-state index is 0. The van der Waals surface area contributed by atoms with Crippen molar-refractivity contribution in [2.45, 2.75) is 219 Å². The predicted octanol–water partition coefficient (Wildman–Crippen LogP) is 8.06. The molecule has 3 heteroatoms.